The van der Waals surface area contributed by atoms with Crippen molar-refractivity contribution in [2.45, 2.75) is 19.8 Å². The van der Waals surface area contributed by atoms with Crippen LogP contribution in [-0.4, -0.2) is 44.0 Å². The van der Waals surface area contributed by atoms with Gasteiger partial charge in [-0.3, -0.25) is 9.59 Å². The maximum absolute atomic E-state index is 12.7. The van der Waals surface area contributed by atoms with E-state index in [-0.39, 0.29) is 24.8 Å². The van der Waals surface area contributed by atoms with Crippen LogP contribution in [0.1, 0.15) is 18.9 Å². The van der Waals surface area contributed by atoms with Crippen LogP contribution in [-0.2, 0) is 16.0 Å². The van der Waals surface area contributed by atoms with Gasteiger partial charge in [-0.1, -0.05) is 31.2 Å². The van der Waals surface area contributed by atoms with Crippen LogP contribution in [0.3, 0.4) is 0 Å². The topological polar surface area (TPSA) is 67.9 Å². The summed E-state index contributed by atoms with van der Waals surface area (Å²) in [6.07, 6.45) is 0.991. The lowest BCUT2D eigenvalue weighted by molar-refractivity contribution is -0.134. The third kappa shape index (κ3) is 6.02. The Morgan fingerprint density at radius 3 is 2.52 bits per heavy atom. The standard InChI is InChI=1S/C21H26N2O4/c1-4-12-23(21(25)14-16-8-7-9-17(13-16)26-2)15-20(24)22-18-10-5-6-11-19(18)27-3/h5-11,13H,4,12,14-15H2,1-3H3,(H,22,24). The summed E-state index contributed by atoms with van der Waals surface area (Å²) in [5, 5.41) is 2.81. The number of anilines is 1. The molecular weight excluding hydrogens is 344 g/mol. The van der Waals surface area contributed by atoms with Gasteiger partial charge in [0.15, 0.2) is 0 Å². The number of nitrogens with one attached hydrogen (secondary N) is 1. The van der Waals surface area contributed by atoms with Crippen LogP contribution in [0.15, 0.2) is 48.5 Å². The van der Waals surface area contributed by atoms with Gasteiger partial charge in [0, 0.05) is 6.54 Å². The molecule has 0 heterocycles. The zero-order chi connectivity index (χ0) is 19.6. The van der Waals surface area contributed by atoms with E-state index in [9.17, 15) is 9.59 Å². The summed E-state index contributed by atoms with van der Waals surface area (Å²) in [5.41, 5.74) is 1.44. The Balaban J connectivity index is 2.02. The summed E-state index contributed by atoms with van der Waals surface area (Å²) in [4.78, 5) is 26.7. The lowest BCUT2D eigenvalue weighted by Crippen LogP contribution is -2.39. The highest BCUT2D eigenvalue weighted by molar-refractivity contribution is 5.95. The zero-order valence-electron chi connectivity index (χ0n) is 16.0. The second-order valence-electron chi connectivity index (χ2n) is 6.09. The second kappa shape index (κ2) is 10.2. The van der Waals surface area contributed by atoms with Crippen molar-refractivity contribution in [3.05, 3.63) is 54.1 Å². The molecule has 0 bridgehead atoms. The van der Waals surface area contributed by atoms with Gasteiger partial charge in [0.25, 0.3) is 0 Å². The molecule has 2 amide bonds. The summed E-state index contributed by atoms with van der Waals surface area (Å²) in [7, 11) is 3.14. The fourth-order valence-electron chi connectivity index (χ4n) is 2.74. The number of ether oxygens (including phenoxy) is 2. The van der Waals surface area contributed by atoms with E-state index in [0.717, 1.165) is 12.0 Å². The number of rotatable bonds is 9. The number of para-hydroxylation sites is 2. The Morgan fingerprint density at radius 1 is 1.04 bits per heavy atom. The minimum absolute atomic E-state index is 0.00527. The first-order valence-electron chi connectivity index (χ1n) is 8.91. The number of hydrogen-bond donors (Lipinski definition) is 1. The fourth-order valence-corrected chi connectivity index (χ4v) is 2.74. The average Bonchev–Trinajstić information content (AvgIpc) is 2.68. The van der Waals surface area contributed by atoms with Crippen LogP contribution >= 0.6 is 0 Å². The smallest absolute Gasteiger partial charge is 0.244 e. The highest BCUT2D eigenvalue weighted by atomic mass is 16.5. The van der Waals surface area contributed by atoms with Crippen molar-refractivity contribution in [3.8, 4) is 11.5 Å². The monoisotopic (exact) mass is 370 g/mol. The SMILES string of the molecule is CCCN(CC(=O)Nc1ccccc1OC)C(=O)Cc1cccc(OC)c1. The third-order valence-corrected chi connectivity index (χ3v) is 4.05. The lowest BCUT2D eigenvalue weighted by atomic mass is 10.1. The van der Waals surface area contributed by atoms with Gasteiger partial charge in [-0.05, 0) is 36.2 Å². The molecule has 2 aromatic rings. The van der Waals surface area contributed by atoms with Gasteiger partial charge in [0.2, 0.25) is 11.8 Å². The van der Waals surface area contributed by atoms with Crippen molar-refractivity contribution in [1.29, 1.82) is 0 Å². The lowest BCUT2D eigenvalue weighted by Gasteiger charge is -2.22. The minimum Gasteiger partial charge on any atom is -0.497 e. The zero-order valence-corrected chi connectivity index (χ0v) is 16.0. The predicted octanol–water partition coefficient (Wildman–Crippen LogP) is 3.12. The van der Waals surface area contributed by atoms with Gasteiger partial charge in [-0.2, -0.15) is 0 Å². The maximum Gasteiger partial charge on any atom is 0.244 e. The number of amides is 2. The van der Waals surface area contributed by atoms with Gasteiger partial charge >= 0.3 is 0 Å². The number of carbonyl (C=O) groups is 2. The third-order valence-electron chi connectivity index (χ3n) is 4.05. The second-order valence-corrected chi connectivity index (χ2v) is 6.09. The Bertz CT molecular complexity index is 776. The summed E-state index contributed by atoms with van der Waals surface area (Å²) >= 11 is 0. The normalized spacial score (nSPS) is 10.2. The molecule has 0 aliphatic rings. The molecule has 0 aromatic heterocycles. The Labute approximate surface area is 160 Å². The number of benzene rings is 2. The molecule has 0 fully saturated rings. The summed E-state index contributed by atoms with van der Waals surface area (Å²) in [6, 6.07) is 14.6. The van der Waals surface area contributed by atoms with E-state index < -0.39 is 0 Å². The van der Waals surface area contributed by atoms with Crippen molar-refractivity contribution in [3.63, 3.8) is 0 Å². The fraction of sp³-hybridized carbons (Fsp3) is 0.333. The van der Waals surface area contributed by atoms with Gasteiger partial charge in [0.05, 0.1) is 32.9 Å². The van der Waals surface area contributed by atoms with Gasteiger partial charge < -0.3 is 19.7 Å². The van der Waals surface area contributed by atoms with Crippen LogP contribution in [0.5, 0.6) is 11.5 Å². The minimum atomic E-state index is -0.257. The van der Waals surface area contributed by atoms with Crippen molar-refractivity contribution in [2.75, 3.05) is 32.6 Å². The number of nitrogens with zero attached hydrogens (tertiary/aromatic N) is 1. The Morgan fingerprint density at radius 2 is 1.81 bits per heavy atom. The van der Waals surface area contributed by atoms with Crippen molar-refractivity contribution >= 4 is 17.5 Å². The van der Waals surface area contributed by atoms with E-state index >= 15 is 0 Å². The van der Waals surface area contributed by atoms with E-state index in [0.29, 0.717) is 23.7 Å². The first kappa shape index (κ1) is 20.3. The largest absolute Gasteiger partial charge is 0.497 e. The van der Waals surface area contributed by atoms with Crippen LogP contribution in [0.2, 0.25) is 0 Å². The maximum atomic E-state index is 12.7. The molecule has 0 aliphatic carbocycles. The molecule has 6 heteroatoms. The molecule has 144 valence electrons. The van der Waals surface area contributed by atoms with Gasteiger partial charge in [0.1, 0.15) is 11.5 Å². The first-order valence-corrected chi connectivity index (χ1v) is 8.91. The number of methoxy groups -OCH3 is 2. The highest BCUT2D eigenvalue weighted by Gasteiger charge is 2.18. The molecule has 2 rings (SSSR count). The molecule has 0 atom stereocenters. The summed E-state index contributed by atoms with van der Waals surface area (Å²) < 4.78 is 10.4. The van der Waals surface area contributed by atoms with E-state index in [4.69, 9.17) is 9.47 Å². The van der Waals surface area contributed by atoms with E-state index in [1.807, 2.05) is 43.3 Å². The first-order chi connectivity index (χ1) is 13.1. The molecule has 0 unspecified atom stereocenters. The van der Waals surface area contributed by atoms with Crippen LogP contribution in [0.4, 0.5) is 5.69 Å². The molecule has 27 heavy (non-hydrogen) atoms. The molecule has 0 spiro atoms. The molecule has 0 aliphatic heterocycles. The highest BCUT2D eigenvalue weighted by Crippen LogP contribution is 2.23. The van der Waals surface area contributed by atoms with Gasteiger partial charge in [-0.15, -0.1) is 0 Å². The summed E-state index contributed by atoms with van der Waals surface area (Å²) in [6.45, 7) is 2.49. The Hall–Kier alpha value is -3.02. The molecule has 1 N–H and O–H groups in total. The van der Waals surface area contributed by atoms with Crippen molar-refractivity contribution < 1.29 is 19.1 Å². The van der Waals surface area contributed by atoms with Crippen molar-refractivity contribution in [2.24, 2.45) is 0 Å². The van der Waals surface area contributed by atoms with Crippen LogP contribution in [0.25, 0.3) is 0 Å². The Kier molecular flexibility index (Phi) is 7.67. The van der Waals surface area contributed by atoms with Crippen molar-refractivity contribution in [1.82, 2.24) is 4.90 Å². The molecular formula is C21H26N2O4. The molecule has 0 saturated heterocycles. The van der Waals surface area contributed by atoms with Crippen LogP contribution < -0.4 is 14.8 Å². The molecule has 2 aromatic carbocycles. The molecule has 0 radical (unpaired) electrons. The predicted molar refractivity (Wildman–Crippen MR) is 105 cm³/mol. The average molecular weight is 370 g/mol. The van der Waals surface area contributed by atoms with Gasteiger partial charge in [-0.25, -0.2) is 0 Å². The van der Waals surface area contributed by atoms with E-state index in [1.165, 1.54) is 0 Å². The number of carbonyl (C=O) groups excluding carboxylic acids is 2. The molecule has 0 saturated carbocycles. The van der Waals surface area contributed by atoms with Crippen LogP contribution in [0, 0.1) is 0 Å². The van der Waals surface area contributed by atoms with E-state index in [2.05, 4.69) is 5.32 Å². The van der Waals surface area contributed by atoms with E-state index in [1.54, 1.807) is 31.3 Å². The molecule has 6 nitrogen and oxygen atoms in total. The number of hydrogen-bond acceptors (Lipinski definition) is 4. The summed E-state index contributed by atoms with van der Waals surface area (Å²) in [5.74, 6) is 0.930. The quantitative estimate of drug-likeness (QED) is 0.736.